The van der Waals surface area contributed by atoms with E-state index in [4.69, 9.17) is 11.6 Å². The number of anilines is 1. The lowest BCUT2D eigenvalue weighted by molar-refractivity contribution is -0.140. The van der Waals surface area contributed by atoms with Gasteiger partial charge >= 0.3 is 0 Å². The lowest BCUT2D eigenvalue weighted by Crippen LogP contribution is -2.34. The topological polar surface area (TPSA) is 66.5 Å². The van der Waals surface area contributed by atoms with Crippen molar-refractivity contribution < 1.29 is 14.4 Å². The first-order chi connectivity index (χ1) is 11.5. The van der Waals surface area contributed by atoms with Crippen molar-refractivity contribution in [2.24, 2.45) is 11.8 Å². The number of fused-ring (bicyclic) bond motifs is 1. The molecule has 0 aromatic heterocycles. The Kier molecular flexibility index (Phi) is 4.71. The molecule has 2 atom stereocenters. The van der Waals surface area contributed by atoms with Crippen LogP contribution in [0.15, 0.2) is 30.4 Å². The summed E-state index contributed by atoms with van der Waals surface area (Å²) in [7, 11) is 0. The second-order valence-electron chi connectivity index (χ2n) is 6.25. The van der Waals surface area contributed by atoms with Gasteiger partial charge in [-0.1, -0.05) is 29.8 Å². The fourth-order valence-corrected chi connectivity index (χ4v) is 3.38. The number of hydrogen-bond acceptors (Lipinski definition) is 3. The number of rotatable bonds is 4. The zero-order valence-electron chi connectivity index (χ0n) is 13.4. The average Bonchev–Trinajstić information content (AvgIpc) is 2.81. The maximum atomic E-state index is 12.3. The largest absolute Gasteiger partial charge is 0.326 e. The highest BCUT2D eigenvalue weighted by molar-refractivity contribution is 6.31. The highest BCUT2D eigenvalue weighted by Crippen LogP contribution is 2.35. The molecule has 126 valence electrons. The summed E-state index contributed by atoms with van der Waals surface area (Å²) in [6.45, 7) is 2.00. The van der Waals surface area contributed by atoms with Crippen molar-refractivity contribution in [1.29, 1.82) is 0 Å². The van der Waals surface area contributed by atoms with Crippen LogP contribution >= 0.6 is 11.6 Å². The van der Waals surface area contributed by atoms with E-state index < -0.39 is 0 Å². The molecule has 5 nitrogen and oxygen atoms in total. The molecule has 0 bridgehead atoms. The Balaban J connectivity index is 1.57. The first-order valence-electron chi connectivity index (χ1n) is 8.03. The molecule has 6 heteroatoms. The Labute approximate surface area is 145 Å². The Morgan fingerprint density at radius 3 is 2.42 bits per heavy atom. The number of hydrogen-bond donors (Lipinski definition) is 1. The Morgan fingerprint density at radius 2 is 1.83 bits per heavy atom. The summed E-state index contributed by atoms with van der Waals surface area (Å²) in [5, 5.41) is 3.32. The van der Waals surface area contributed by atoms with Crippen LogP contribution < -0.4 is 5.32 Å². The van der Waals surface area contributed by atoms with Crippen LogP contribution in [0.2, 0.25) is 5.02 Å². The molecule has 0 saturated carbocycles. The molecule has 1 heterocycles. The van der Waals surface area contributed by atoms with Gasteiger partial charge in [0.1, 0.15) is 0 Å². The number of benzene rings is 1. The van der Waals surface area contributed by atoms with Crippen molar-refractivity contribution in [1.82, 2.24) is 4.90 Å². The van der Waals surface area contributed by atoms with E-state index in [-0.39, 0.29) is 42.5 Å². The predicted molar refractivity (Wildman–Crippen MR) is 91.5 cm³/mol. The number of amides is 3. The monoisotopic (exact) mass is 346 g/mol. The maximum Gasteiger partial charge on any atom is 0.233 e. The van der Waals surface area contributed by atoms with Crippen molar-refractivity contribution in [2.45, 2.75) is 26.2 Å². The molecule has 0 spiro atoms. The zero-order valence-corrected chi connectivity index (χ0v) is 14.2. The average molecular weight is 347 g/mol. The standard InChI is InChI=1S/C18H19ClN2O3/c1-11-6-7-12(10-15(11)19)20-16(22)8-9-21-17(23)13-4-2-3-5-14(13)18(21)24/h2-3,6-7,10,13-14H,4-5,8-9H2,1H3,(H,20,22)/t13-,14+. The molecular weight excluding hydrogens is 328 g/mol. The number of nitrogens with one attached hydrogen (secondary N) is 1. The third-order valence-electron chi connectivity index (χ3n) is 4.62. The van der Waals surface area contributed by atoms with Crippen LogP contribution in [0.25, 0.3) is 0 Å². The van der Waals surface area contributed by atoms with E-state index in [0.717, 1.165) is 5.56 Å². The number of imide groups is 1. The normalized spacial score (nSPS) is 22.7. The second kappa shape index (κ2) is 6.77. The van der Waals surface area contributed by atoms with Crippen LogP contribution in [0.4, 0.5) is 5.69 Å². The number of carbonyl (C=O) groups is 3. The Hall–Kier alpha value is -2.14. The van der Waals surface area contributed by atoms with Crippen LogP contribution in [0.5, 0.6) is 0 Å². The molecule has 1 fully saturated rings. The highest BCUT2D eigenvalue weighted by atomic mass is 35.5. The zero-order chi connectivity index (χ0) is 17.3. The molecule has 1 saturated heterocycles. The number of nitrogens with zero attached hydrogens (tertiary/aromatic N) is 1. The molecule has 1 aliphatic heterocycles. The number of carbonyl (C=O) groups excluding carboxylic acids is 3. The summed E-state index contributed by atoms with van der Waals surface area (Å²) in [5.74, 6) is -1.05. The van der Waals surface area contributed by atoms with Crippen molar-refractivity contribution in [3.63, 3.8) is 0 Å². The molecule has 1 aromatic carbocycles. The van der Waals surface area contributed by atoms with Gasteiger partial charge in [-0.25, -0.2) is 0 Å². The quantitative estimate of drug-likeness (QED) is 0.673. The summed E-state index contributed by atoms with van der Waals surface area (Å²) in [5.41, 5.74) is 1.53. The van der Waals surface area contributed by atoms with E-state index in [2.05, 4.69) is 5.32 Å². The van der Waals surface area contributed by atoms with Crippen LogP contribution in [0, 0.1) is 18.8 Å². The summed E-state index contributed by atoms with van der Waals surface area (Å²) in [4.78, 5) is 38.0. The number of halogens is 1. The van der Waals surface area contributed by atoms with Crippen LogP contribution in [0.1, 0.15) is 24.8 Å². The van der Waals surface area contributed by atoms with Gasteiger partial charge in [-0.2, -0.15) is 0 Å². The van der Waals surface area contributed by atoms with Crippen molar-refractivity contribution >= 4 is 35.0 Å². The van der Waals surface area contributed by atoms with Crippen LogP contribution in [-0.4, -0.2) is 29.2 Å². The summed E-state index contributed by atoms with van der Waals surface area (Å²) >= 11 is 6.03. The molecule has 2 aliphatic rings. The van der Waals surface area contributed by atoms with Crippen LogP contribution in [-0.2, 0) is 14.4 Å². The second-order valence-corrected chi connectivity index (χ2v) is 6.65. The van der Waals surface area contributed by atoms with E-state index in [1.165, 1.54) is 4.90 Å². The molecule has 24 heavy (non-hydrogen) atoms. The van der Waals surface area contributed by atoms with Gasteiger partial charge in [0.05, 0.1) is 11.8 Å². The predicted octanol–water partition coefficient (Wildman–Crippen LogP) is 2.93. The third kappa shape index (κ3) is 3.22. The van der Waals surface area contributed by atoms with Crippen LogP contribution in [0.3, 0.4) is 0 Å². The molecule has 1 aromatic rings. The van der Waals surface area contributed by atoms with Gasteiger partial charge in [0, 0.05) is 23.7 Å². The molecule has 0 unspecified atom stereocenters. The number of aryl methyl sites for hydroxylation is 1. The first kappa shape index (κ1) is 16.7. The number of likely N-dealkylation sites (tertiary alicyclic amines) is 1. The van der Waals surface area contributed by atoms with E-state index in [1.54, 1.807) is 12.1 Å². The number of allylic oxidation sites excluding steroid dienone is 2. The summed E-state index contributed by atoms with van der Waals surface area (Å²) in [6.07, 6.45) is 5.20. The van der Waals surface area contributed by atoms with Crippen molar-refractivity contribution in [3.8, 4) is 0 Å². The Morgan fingerprint density at radius 1 is 1.21 bits per heavy atom. The first-order valence-corrected chi connectivity index (χ1v) is 8.41. The highest BCUT2D eigenvalue weighted by Gasteiger charge is 2.46. The molecule has 3 rings (SSSR count). The molecule has 0 radical (unpaired) electrons. The van der Waals surface area contributed by atoms with Crippen molar-refractivity contribution in [3.05, 3.63) is 40.9 Å². The summed E-state index contributed by atoms with van der Waals surface area (Å²) in [6, 6.07) is 5.27. The van der Waals surface area contributed by atoms with Gasteiger partial charge in [0.15, 0.2) is 0 Å². The summed E-state index contributed by atoms with van der Waals surface area (Å²) < 4.78 is 0. The van der Waals surface area contributed by atoms with E-state index >= 15 is 0 Å². The van der Waals surface area contributed by atoms with Gasteiger partial charge in [-0.05, 0) is 37.5 Å². The van der Waals surface area contributed by atoms with Gasteiger partial charge in [-0.15, -0.1) is 0 Å². The SMILES string of the molecule is Cc1ccc(NC(=O)CCN2C(=O)[C@H]3CC=CC[C@H]3C2=O)cc1Cl. The van der Waals surface area contributed by atoms with Crippen molar-refractivity contribution in [2.75, 3.05) is 11.9 Å². The molecule has 1 N–H and O–H groups in total. The molecule has 3 amide bonds. The van der Waals surface area contributed by atoms with Gasteiger partial charge in [0.25, 0.3) is 0 Å². The fraction of sp³-hybridized carbons (Fsp3) is 0.389. The fourth-order valence-electron chi connectivity index (χ4n) is 3.20. The lowest BCUT2D eigenvalue weighted by Gasteiger charge is -2.14. The minimum atomic E-state index is -0.249. The molecular formula is C18H19ClN2O3. The van der Waals surface area contributed by atoms with E-state index in [9.17, 15) is 14.4 Å². The minimum Gasteiger partial charge on any atom is -0.326 e. The molecule has 1 aliphatic carbocycles. The van der Waals surface area contributed by atoms with Gasteiger partial charge < -0.3 is 5.32 Å². The maximum absolute atomic E-state index is 12.3. The minimum absolute atomic E-state index is 0.0792. The van der Waals surface area contributed by atoms with E-state index in [0.29, 0.717) is 23.6 Å². The lowest BCUT2D eigenvalue weighted by atomic mass is 9.85. The third-order valence-corrected chi connectivity index (χ3v) is 5.02. The smallest absolute Gasteiger partial charge is 0.233 e. The Bertz CT molecular complexity index is 703. The van der Waals surface area contributed by atoms with E-state index in [1.807, 2.05) is 25.1 Å². The van der Waals surface area contributed by atoms with Gasteiger partial charge in [0.2, 0.25) is 17.7 Å². The van der Waals surface area contributed by atoms with Gasteiger partial charge in [-0.3, -0.25) is 19.3 Å².